The molecule has 0 radical (unpaired) electrons. The maximum Gasteiger partial charge on any atom is 0.322 e. The van der Waals surface area contributed by atoms with Crippen LogP contribution in [0.2, 0.25) is 5.02 Å². The van der Waals surface area contributed by atoms with Gasteiger partial charge in [-0.1, -0.05) is 16.7 Å². The minimum absolute atomic E-state index is 0.149. The number of nitrogens with one attached hydrogen (secondary N) is 2. The highest BCUT2D eigenvalue weighted by molar-refractivity contribution is 7.89. The number of nitrogens with zero attached hydrogens (tertiary/aromatic N) is 3. The Balaban J connectivity index is 1.57. The van der Waals surface area contributed by atoms with Crippen LogP contribution in [0, 0.1) is 5.82 Å². The standard InChI is InChI=1S/C20H19ClFN5O3S/c1-3-27-19(12(2)26-31(28,29)15-6-7-17(22)16(21)11-15)24-25-20(27)30-14-5-4-13-8-9-23-18(13)10-14/h4-12,23,26H,3H2,1-2H3/t12-/m1/s1. The fourth-order valence-electron chi connectivity index (χ4n) is 3.19. The third kappa shape index (κ3) is 4.27. The van der Waals surface area contributed by atoms with Crippen molar-refractivity contribution in [1.29, 1.82) is 0 Å². The molecule has 4 aromatic rings. The van der Waals surface area contributed by atoms with Crippen LogP contribution in [-0.2, 0) is 16.6 Å². The van der Waals surface area contributed by atoms with Gasteiger partial charge in [-0.2, -0.15) is 0 Å². The quantitative estimate of drug-likeness (QED) is 0.423. The first-order chi connectivity index (χ1) is 14.8. The molecule has 11 heteroatoms. The molecule has 31 heavy (non-hydrogen) atoms. The van der Waals surface area contributed by atoms with Crippen LogP contribution in [0.4, 0.5) is 4.39 Å². The maximum atomic E-state index is 13.4. The van der Waals surface area contributed by atoms with Crippen molar-refractivity contribution >= 4 is 32.5 Å². The molecule has 2 aromatic heterocycles. The van der Waals surface area contributed by atoms with Crippen LogP contribution < -0.4 is 9.46 Å². The van der Waals surface area contributed by atoms with Gasteiger partial charge in [-0.3, -0.25) is 4.57 Å². The number of sulfonamides is 1. The van der Waals surface area contributed by atoms with E-state index >= 15 is 0 Å². The fourth-order valence-corrected chi connectivity index (χ4v) is 4.66. The summed E-state index contributed by atoms with van der Waals surface area (Å²) in [6.07, 6.45) is 1.84. The number of halogens is 2. The Morgan fingerprint density at radius 3 is 2.77 bits per heavy atom. The van der Waals surface area contributed by atoms with Gasteiger partial charge in [0.05, 0.1) is 16.0 Å². The minimum Gasteiger partial charge on any atom is -0.424 e. The molecule has 0 aliphatic heterocycles. The molecule has 0 saturated heterocycles. The Morgan fingerprint density at radius 2 is 2.03 bits per heavy atom. The fraction of sp³-hybridized carbons (Fsp3) is 0.200. The predicted octanol–water partition coefficient (Wildman–Crippen LogP) is 4.40. The predicted molar refractivity (Wildman–Crippen MR) is 114 cm³/mol. The summed E-state index contributed by atoms with van der Waals surface area (Å²) in [6, 6.07) is 10.2. The topological polar surface area (TPSA) is 102 Å². The Kier molecular flexibility index (Phi) is 5.69. The Hall–Kier alpha value is -2.95. The minimum atomic E-state index is -3.97. The van der Waals surface area contributed by atoms with Gasteiger partial charge >= 0.3 is 6.01 Å². The van der Waals surface area contributed by atoms with Crippen molar-refractivity contribution in [2.45, 2.75) is 31.3 Å². The van der Waals surface area contributed by atoms with Gasteiger partial charge in [-0.05, 0) is 55.6 Å². The van der Waals surface area contributed by atoms with Crippen LogP contribution in [0.25, 0.3) is 10.9 Å². The van der Waals surface area contributed by atoms with Crippen LogP contribution in [0.1, 0.15) is 25.7 Å². The van der Waals surface area contributed by atoms with E-state index in [1.807, 2.05) is 37.4 Å². The average molecular weight is 464 g/mol. The second-order valence-corrected chi connectivity index (χ2v) is 8.95. The van der Waals surface area contributed by atoms with Crippen molar-refractivity contribution in [1.82, 2.24) is 24.5 Å². The molecule has 0 aliphatic carbocycles. The average Bonchev–Trinajstić information content (AvgIpc) is 3.35. The van der Waals surface area contributed by atoms with Gasteiger partial charge in [0.25, 0.3) is 0 Å². The number of rotatable bonds is 7. The summed E-state index contributed by atoms with van der Waals surface area (Å²) in [4.78, 5) is 2.97. The van der Waals surface area contributed by atoms with Crippen LogP contribution in [0.15, 0.2) is 53.6 Å². The van der Waals surface area contributed by atoms with Gasteiger partial charge in [0.15, 0.2) is 5.82 Å². The molecule has 0 saturated carbocycles. The van der Waals surface area contributed by atoms with Crippen molar-refractivity contribution in [2.75, 3.05) is 0 Å². The lowest BCUT2D eigenvalue weighted by Gasteiger charge is -2.15. The lowest BCUT2D eigenvalue weighted by molar-refractivity contribution is 0.408. The number of fused-ring (bicyclic) bond motifs is 1. The summed E-state index contributed by atoms with van der Waals surface area (Å²) < 4.78 is 48.8. The summed E-state index contributed by atoms with van der Waals surface area (Å²) in [7, 11) is -3.97. The first kappa shape index (κ1) is 21.3. The van der Waals surface area contributed by atoms with Crippen LogP contribution >= 0.6 is 11.6 Å². The number of hydrogen-bond donors (Lipinski definition) is 2. The van der Waals surface area contributed by atoms with Gasteiger partial charge < -0.3 is 9.72 Å². The third-order valence-electron chi connectivity index (χ3n) is 4.72. The summed E-state index contributed by atoms with van der Waals surface area (Å²) >= 11 is 5.72. The number of hydrogen-bond acceptors (Lipinski definition) is 5. The number of aromatic amines is 1. The first-order valence-corrected chi connectivity index (χ1v) is 11.3. The molecule has 1 atom stereocenters. The Morgan fingerprint density at radius 1 is 1.23 bits per heavy atom. The van der Waals surface area contributed by atoms with E-state index in [0.717, 1.165) is 29.1 Å². The zero-order chi connectivity index (χ0) is 22.2. The van der Waals surface area contributed by atoms with Gasteiger partial charge in [0.2, 0.25) is 10.0 Å². The molecule has 2 heterocycles. The van der Waals surface area contributed by atoms with Gasteiger partial charge in [-0.15, -0.1) is 5.10 Å². The summed E-state index contributed by atoms with van der Waals surface area (Å²) in [5, 5.41) is 8.96. The zero-order valence-electron chi connectivity index (χ0n) is 16.6. The van der Waals surface area contributed by atoms with Gasteiger partial charge in [-0.25, -0.2) is 17.5 Å². The van der Waals surface area contributed by atoms with E-state index in [-0.39, 0.29) is 15.9 Å². The Labute approximate surface area is 183 Å². The molecule has 0 fully saturated rings. The molecule has 162 valence electrons. The number of aromatic nitrogens is 4. The van der Waals surface area contributed by atoms with E-state index < -0.39 is 21.9 Å². The second-order valence-electron chi connectivity index (χ2n) is 6.83. The highest BCUT2D eigenvalue weighted by atomic mass is 35.5. The van der Waals surface area contributed by atoms with Gasteiger partial charge in [0, 0.05) is 24.3 Å². The molecule has 0 aliphatic rings. The molecular weight excluding hydrogens is 445 g/mol. The monoisotopic (exact) mass is 463 g/mol. The molecule has 2 N–H and O–H groups in total. The number of ether oxygens (including phenoxy) is 1. The summed E-state index contributed by atoms with van der Waals surface area (Å²) in [5.41, 5.74) is 0.916. The van der Waals surface area contributed by atoms with E-state index in [0.29, 0.717) is 18.1 Å². The number of H-pyrrole nitrogens is 1. The van der Waals surface area contributed by atoms with E-state index in [4.69, 9.17) is 16.3 Å². The molecule has 2 aromatic carbocycles. The smallest absolute Gasteiger partial charge is 0.322 e. The zero-order valence-corrected chi connectivity index (χ0v) is 18.2. The SMILES string of the molecule is CCn1c(Oc2ccc3cc[nH]c3c2)nnc1[C@@H](C)NS(=O)(=O)c1ccc(F)c(Cl)c1. The van der Waals surface area contributed by atoms with Crippen molar-refractivity contribution in [3.63, 3.8) is 0 Å². The second kappa shape index (κ2) is 8.29. The first-order valence-electron chi connectivity index (χ1n) is 9.44. The van der Waals surface area contributed by atoms with Crippen LogP contribution in [-0.4, -0.2) is 28.2 Å². The van der Waals surface area contributed by atoms with Crippen molar-refractivity contribution < 1.29 is 17.5 Å². The van der Waals surface area contributed by atoms with Crippen LogP contribution in [0.5, 0.6) is 11.8 Å². The van der Waals surface area contributed by atoms with E-state index in [9.17, 15) is 12.8 Å². The highest BCUT2D eigenvalue weighted by Crippen LogP contribution is 2.27. The van der Waals surface area contributed by atoms with E-state index in [1.165, 1.54) is 0 Å². The molecule has 4 rings (SSSR count). The number of benzene rings is 2. The van der Waals surface area contributed by atoms with Crippen molar-refractivity contribution in [3.8, 4) is 11.8 Å². The van der Waals surface area contributed by atoms with Crippen molar-refractivity contribution in [2.24, 2.45) is 0 Å². The third-order valence-corrected chi connectivity index (χ3v) is 6.55. The molecule has 0 amide bonds. The molecular formula is C20H19ClFN5O3S. The largest absolute Gasteiger partial charge is 0.424 e. The molecule has 0 spiro atoms. The maximum absolute atomic E-state index is 13.4. The normalized spacial score (nSPS) is 12.9. The Bertz CT molecular complexity index is 1350. The molecule has 0 bridgehead atoms. The van der Waals surface area contributed by atoms with Crippen molar-refractivity contribution in [3.05, 3.63) is 65.3 Å². The lowest BCUT2D eigenvalue weighted by atomic mass is 10.2. The lowest BCUT2D eigenvalue weighted by Crippen LogP contribution is -2.29. The summed E-state index contributed by atoms with van der Waals surface area (Å²) in [6.45, 7) is 3.96. The summed E-state index contributed by atoms with van der Waals surface area (Å²) in [5.74, 6) is 0.242. The molecule has 0 unspecified atom stereocenters. The van der Waals surface area contributed by atoms with E-state index in [2.05, 4.69) is 19.9 Å². The molecule has 8 nitrogen and oxygen atoms in total. The van der Waals surface area contributed by atoms with Crippen LogP contribution in [0.3, 0.4) is 0 Å². The highest BCUT2D eigenvalue weighted by Gasteiger charge is 2.24. The van der Waals surface area contributed by atoms with E-state index in [1.54, 1.807) is 11.5 Å². The van der Waals surface area contributed by atoms with Gasteiger partial charge in [0.1, 0.15) is 11.6 Å².